The van der Waals surface area contributed by atoms with Crippen LogP contribution in [0.4, 0.5) is 0 Å². The maximum absolute atomic E-state index is 13.2. The molecule has 1 aliphatic carbocycles. The zero-order valence-corrected chi connectivity index (χ0v) is 18.8. The Labute approximate surface area is 182 Å². The summed E-state index contributed by atoms with van der Waals surface area (Å²) in [5, 5.41) is 0.576. The summed E-state index contributed by atoms with van der Waals surface area (Å²) >= 11 is 1.33. The molecule has 1 saturated carbocycles. The molecule has 1 amide bonds. The van der Waals surface area contributed by atoms with Crippen LogP contribution in [0.15, 0.2) is 41.6 Å². The number of nitrogens with zero attached hydrogens (tertiary/aromatic N) is 3. The number of hydrogen-bond donors (Lipinski definition) is 0. The van der Waals surface area contributed by atoms with Crippen molar-refractivity contribution in [3.05, 3.63) is 42.1 Å². The van der Waals surface area contributed by atoms with Gasteiger partial charge in [-0.15, -0.1) is 0 Å². The molecular formula is C22H27N3O3S2. The number of thioether (sulfide) groups is 1. The molecule has 1 aromatic heterocycles. The molecule has 6 nitrogen and oxygen atoms in total. The number of aromatic nitrogens is 2. The summed E-state index contributed by atoms with van der Waals surface area (Å²) < 4.78 is 24.0. The summed E-state index contributed by atoms with van der Waals surface area (Å²) in [6.07, 6.45) is 4.68. The van der Waals surface area contributed by atoms with E-state index >= 15 is 0 Å². The lowest BCUT2D eigenvalue weighted by Crippen LogP contribution is -2.47. The Kier molecular flexibility index (Phi) is 6.43. The Hall–Kier alpha value is -1.93. The van der Waals surface area contributed by atoms with Crippen molar-refractivity contribution >= 4 is 27.5 Å². The van der Waals surface area contributed by atoms with Gasteiger partial charge in [-0.2, -0.15) is 0 Å². The molecule has 8 heteroatoms. The SMILES string of the molecule is Cc1cc(-c2ccccc2)nc(SCC(=O)N(C2CCCC2)[C@H]2CCS(=O)(=O)C2)n1. The van der Waals surface area contributed by atoms with E-state index in [0.29, 0.717) is 11.6 Å². The van der Waals surface area contributed by atoms with E-state index in [-0.39, 0.29) is 35.2 Å². The van der Waals surface area contributed by atoms with Gasteiger partial charge < -0.3 is 4.90 Å². The fraction of sp³-hybridized carbons (Fsp3) is 0.500. The lowest BCUT2D eigenvalue weighted by atomic mass is 10.1. The van der Waals surface area contributed by atoms with E-state index in [4.69, 9.17) is 0 Å². The third-order valence-electron chi connectivity index (χ3n) is 5.84. The summed E-state index contributed by atoms with van der Waals surface area (Å²) in [5.74, 6) is 0.507. The van der Waals surface area contributed by atoms with Gasteiger partial charge in [-0.25, -0.2) is 18.4 Å². The zero-order chi connectivity index (χ0) is 21.1. The van der Waals surface area contributed by atoms with E-state index in [9.17, 15) is 13.2 Å². The fourth-order valence-corrected chi connectivity index (χ4v) is 6.93. The molecule has 0 unspecified atom stereocenters. The number of sulfone groups is 1. The standard InChI is InChI=1S/C22H27N3O3S2/c1-16-13-20(17-7-3-2-4-8-17)24-22(23-16)29-14-21(26)25(18-9-5-6-10-18)19-11-12-30(27,28)15-19/h2-4,7-8,13,18-19H,5-6,9-12,14-15H2,1H3/t19-/m0/s1. The minimum absolute atomic E-state index is 0.000340. The molecular weight excluding hydrogens is 418 g/mol. The molecule has 1 aromatic carbocycles. The van der Waals surface area contributed by atoms with Gasteiger partial charge in [0.15, 0.2) is 15.0 Å². The highest BCUT2D eigenvalue weighted by Crippen LogP contribution is 2.30. The number of hydrogen-bond acceptors (Lipinski definition) is 6. The Morgan fingerprint density at radius 1 is 1.10 bits per heavy atom. The topological polar surface area (TPSA) is 80.2 Å². The molecule has 2 aromatic rings. The van der Waals surface area contributed by atoms with Crippen LogP contribution in [0.1, 0.15) is 37.8 Å². The highest BCUT2D eigenvalue weighted by atomic mass is 32.2. The monoisotopic (exact) mass is 445 g/mol. The summed E-state index contributed by atoms with van der Waals surface area (Å²) in [4.78, 5) is 24.2. The maximum atomic E-state index is 13.2. The van der Waals surface area contributed by atoms with Crippen molar-refractivity contribution in [1.82, 2.24) is 14.9 Å². The highest BCUT2D eigenvalue weighted by Gasteiger charge is 2.38. The van der Waals surface area contributed by atoms with Gasteiger partial charge in [-0.1, -0.05) is 54.9 Å². The predicted molar refractivity (Wildman–Crippen MR) is 119 cm³/mol. The molecule has 2 heterocycles. The molecule has 2 aliphatic rings. The second-order valence-electron chi connectivity index (χ2n) is 8.13. The molecule has 0 spiro atoms. The van der Waals surface area contributed by atoms with Crippen LogP contribution < -0.4 is 0 Å². The Bertz CT molecular complexity index is 1010. The number of carbonyl (C=O) groups excluding carboxylic acids is 1. The lowest BCUT2D eigenvalue weighted by molar-refractivity contribution is -0.132. The fourth-order valence-electron chi connectivity index (χ4n) is 4.45. The third-order valence-corrected chi connectivity index (χ3v) is 8.42. The predicted octanol–water partition coefficient (Wildman–Crippen LogP) is 3.50. The summed E-state index contributed by atoms with van der Waals surface area (Å²) in [5.41, 5.74) is 2.71. The van der Waals surface area contributed by atoms with Crippen LogP contribution in [-0.4, -0.2) is 58.5 Å². The average Bonchev–Trinajstić information content (AvgIpc) is 3.37. The van der Waals surface area contributed by atoms with E-state index in [2.05, 4.69) is 9.97 Å². The van der Waals surface area contributed by atoms with E-state index in [1.54, 1.807) is 0 Å². The number of amides is 1. The number of aryl methyl sites for hydroxylation is 1. The molecule has 0 bridgehead atoms. The Morgan fingerprint density at radius 3 is 2.50 bits per heavy atom. The van der Waals surface area contributed by atoms with Gasteiger partial charge in [0.1, 0.15) is 0 Å². The lowest BCUT2D eigenvalue weighted by Gasteiger charge is -2.34. The van der Waals surface area contributed by atoms with Gasteiger partial charge in [-0.3, -0.25) is 4.79 Å². The van der Waals surface area contributed by atoms with E-state index in [0.717, 1.165) is 42.6 Å². The first-order valence-corrected chi connectivity index (χ1v) is 13.3. The molecule has 1 atom stereocenters. The first kappa shape index (κ1) is 21.3. The van der Waals surface area contributed by atoms with Crippen LogP contribution in [0.2, 0.25) is 0 Å². The van der Waals surface area contributed by atoms with Crippen molar-refractivity contribution in [3.63, 3.8) is 0 Å². The number of carbonyl (C=O) groups is 1. The minimum atomic E-state index is -3.04. The van der Waals surface area contributed by atoms with Crippen molar-refractivity contribution in [2.75, 3.05) is 17.3 Å². The molecule has 0 N–H and O–H groups in total. The van der Waals surface area contributed by atoms with Crippen molar-refractivity contribution < 1.29 is 13.2 Å². The van der Waals surface area contributed by atoms with Crippen molar-refractivity contribution in [2.45, 2.75) is 56.3 Å². The second-order valence-corrected chi connectivity index (χ2v) is 11.3. The molecule has 1 aliphatic heterocycles. The molecule has 2 fully saturated rings. The van der Waals surface area contributed by atoms with Gasteiger partial charge >= 0.3 is 0 Å². The molecule has 1 saturated heterocycles. The largest absolute Gasteiger partial charge is 0.335 e. The normalized spacial score (nSPS) is 21.0. The van der Waals surface area contributed by atoms with Gasteiger partial charge in [0.05, 0.1) is 23.0 Å². The number of rotatable bonds is 6. The maximum Gasteiger partial charge on any atom is 0.233 e. The second kappa shape index (κ2) is 9.06. The van der Waals surface area contributed by atoms with Gasteiger partial charge in [0, 0.05) is 23.3 Å². The molecule has 4 rings (SSSR count). The summed E-state index contributed by atoms with van der Waals surface area (Å²) in [6.45, 7) is 1.92. The Balaban J connectivity index is 1.49. The van der Waals surface area contributed by atoms with Crippen molar-refractivity contribution in [2.24, 2.45) is 0 Å². The molecule has 160 valence electrons. The Morgan fingerprint density at radius 2 is 1.83 bits per heavy atom. The van der Waals surface area contributed by atoms with Crippen LogP contribution >= 0.6 is 11.8 Å². The number of benzene rings is 1. The minimum Gasteiger partial charge on any atom is -0.335 e. The quantitative estimate of drug-likeness (QED) is 0.500. The molecule has 30 heavy (non-hydrogen) atoms. The van der Waals surface area contributed by atoms with Gasteiger partial charge in [0.25, 0.3) is 0 Å². The first-order valence-electron chi connectivity index (χ1n) is 10.5. The zero-order valence-electron chi connectivity index (χ0n) is 17.2. The van der Waals surface area contributed by atoms with Crippen LogP contribution in [-0.2, 0) is 14.6 Å². The average molecular weight is 446 g/mol. The van der Waals surface area contributed by atoms with Crippen LogP contribution in [0, 0.1) is 6.92 Å². The van der Waals surface area contributed by atoms with E-state index in [1.807, 2.05) is 48.2 Å². The third kappa shape index (κ3) is 5.03. The smallest absolute Gasteiger partial charge is 0.233 e. The van der Waals surface area contributed by atoms with Gasteiger partial charge in [-0.05, 0) is 32.3 Å². The van der Waals surface area contributed by atoms with Crippen molar-refractivity contribution in [3.8, 4) is 11.3 Å². The van der Waals surface area contributed by atoms with E-state index < -0.39 is 9.84 Å². The first-order chi connectivity index (χ1) is 14.4. The van der Waals surface area contributed by atoms with Crippen LogP contribution in [0.5, 0.6) is 0 Å². The molecule has 0 radical (unpaired) electrons. The van der Waals surface area contributed by atoms with Gasteiger partial charge in [0.2, 0.25) is 5.91 Å². The van der Waals surface area contributed by atoms with Crippen LogP contribution in [0.25, 0.3) is 11.3 Å². The summed E-state index contributed by atoms with van der Waals surface area (Å²) in [7, 11) is -3.04. The van der Waals surface area contributed by atoms with Crippen LogP contribution in [0.3, 0.4) is 0 Å². The summed E-state index contributed by atoms with van der Waals surface area (Å²) in [6, 6.07) is 11.8. The van der Waals surface area contributed by atoms with Crippen molar-refractivity contribution in [1.29, 1.82) is 0 Å². The van der Waals surface area contributed by atoms with E-state index in [1.165, 1.54) is 11.8 Å². The highest BCUT2D eigenvalue weighted by molar-refractivity contribution is 7.99.